The van der Waals surface area contributed by atoms with Crippen molar-refractivity contribution in [3.63, 3.8) is 0 Å². The second kappa shape index (κ2) is 4.28. The summed E-state index contributed by atoms with van der Waals surface area (Å²) in [5.41, 5.74) is 2.57. The number of urea groups is 1. The normalized spacial score (nSPS) is 21.4. The van der Waals surface area contributed by atoms with Gasteiger partial charge in [-0.3, -0.25) is 10.2 Å². The molecular weight excluding hydrogens is 186 g/mol. The van der Waals surface area contributed by atoms with E-state index in [2.05, 4.69) is 5.43 Å². The summed E-state index contributed by atoms with van der Waals surface area (Å²) in [7, 11) is 3.42. The maximum atomic E-state index is 11.4. The molecule has 1 fully saturated rings. The fourth-order valence-electron chi connectivity index (χ4n) is 1.41. The molecule has 0 aliphatic carbocycles. The van der Waals surface area contributed by atoms with Gasteiger partial charge in [0.25, 0.3) is 0 Å². The monoisotopic (exact) mass is 201 g/mol. The van der Waals surface area contributed by atoms with Gasteiger partial charge in [-0.2, -0.15) is 0 Å². The van der Waals surface area contributed by atoms with E-state index < -0.39 is 11.9 Å². The highest BCUT2D eigenvalue weighted by Gasteiger charge is 2.30. The number of hydrogen-bond donors (Lipinski definition) is 2. The van der Waals surface area contributed by atoms with Crippen LogP contribution in [-0.2, 0) is 4.79 Å². The third-order valence-corrected chi connectivity index (χ3v) is 2.14. The van der Waals surface area contributed by atoms with Gasteiger partial charge in [0, 0.05) is 27.2 Å². The number of carboxylic acids is 1. The van der Waals surface area contributed by atoms with Gasteiger partial charge in [0.1, 0.15) is 0 Å². The summed E-state index contributed by atoms with van der Waals surface area (Å²) >= 11 is 0. The number of rotatable bonds is 2. The fraction of sp³-hybridized carbons (Fsp3) is 0.750. The van der Waals surface area contributed by atoms with E-state index in [-0.39, 0.29) is 6.03 Å². The number of carboxylic acid groups (broad SMARTS) is 1. The largest absolute Gasteiger partial charge is 0.481 e. The summed E-state index contributed by atoms with van der Waals surface area (Å²) in [6.45, 7) is 0.811. The maximum Gasteiger partial charge on any atom is 0.331 e. The van der Waals surface area contributed by atoms with E-state index in [0.717, 1.165) is 0 Å². The molecule has 0 aromatic heterocycles. The van der Waals surface area contributed by atoms with Crippen LogP contribution in [0.2, 0.25) is 0 Å². The number of hydrogen-bond acceptors (Lipinski definition) is 3. The molecule has 0 aromatic rings. The Morgan fingerprint density at radius 3 is 2.57 bits per heavy atom. The highest BCUT2D eigenvalue weighted by molar-refractivity contribution is 5.76. The topological polar surface area (TPSA) is 72.9 Å². The lowest BCUT2D eigenvalue weighted by Crippen LogP contribution is -2.45. The average molecular weight is 201 g/mol. The van der Waals surface area contributed by atoms with Crippen LogP contribution in [0.3, 0.4) is 0 Å². The summed E-state index contributed by atoms with van der Waals surface area (Å²) < 4.78 is 0. The van der Waals surface area contributed by atoms with Gasteiger partial charge in [0.2, 0.25) is 0 Å². The van der Waals surface area contributed by atoms with Crippen LogP contribution in [0.15, 0.2) is 0 Å². The Morgan fingerprint density at radius 2 is 2.14 bits per heavy atom. The number of amides is 2. The minimum atomic E-state index is -0.829. The summed E-state index contributed by atoms with van der Waals surface area (Å²) in [5.74, 6) is -1.24. The Labute approximate surface area is 82.4 Å². The Kier molecular flexibility index (Phi) is 3.29. The highest BCUT2D eigenvalue weighted by atomic mass is 16.4. The minimum Gasteiger partial charge on any atom is -0.481 e. The zero-order valence-corrected chi connectivity index (χ0v) is 8.36. The van der Waals surface area contributed by atoms with Gasteiger partial charge in [-0.15, -0.1) is 0 Å². The molecule has 1 atom stereocenters. The van der Waals surface area contributed by atoms with Crippen LogP contribution < -0.4 is 5.43 Å². The summed E-state index contributed by atoms with van der Waals surface area (Å²) in [4.78, 5) is 23.5. The van der Waals surface area contributed by atoms with E-state index in [1.54, 1.807) is 14.1 Å². The third-order valence-electron chi connectivity index (χ3n) is 2.14. The molecule has 6 nitrogen and oxygen atoms in total. The maximum absolute atomic E-state index is 11.4. The smallest absolute Gasteiger partial charge is 0.331 e. The first-order valence-corrected chi connectivity index (χ1v) is 4.46. The molecule has 1 unspecified atom stereocenters. The molecule has 6 heteroatoms. The Bertz CT molecular complexity index is 242. The van der Waals surface area contributed by atoms with E-state index in [9.17, 15) is 9.59 Å². The van der Waals surface area contributed by atoms with Crippen molar-refractivity contribution >= 4 is 12.0 Å². The molecule has 0 saturated carbocycles. The number of nitrogens with one attached hydrogen (secondary N) is 1. The van der Waals surface area contributed by atoms with Crippen LogP contribution >= 0.6 is 0 Å². The van der Waals surface area contributed by atoms with Gasteiger partial charge < -0.3 is 10.0 Å². The summed E-state index contributed by atoms with van der Waals surface area (Å²) in [6.07, 6.45) is 0.538. The molecule has 1 rings (SSSR count). The van der Waals surface area contributed by atoms with Gasteiger partial charge in [-0.05, 0) is 6.42 Å². The van der Waals surface area contributed by atoms with Crippen LogP contribution in [0.1, 0.15) is 6.42 Å². The quantitative estimate of drug-likeness (QED) is 0.595. The van der Waals surface area contributed by atoms with E-state index in [1.807, 2.05) is 0 Å². The predicted octanol–water partition coefficient (Wildman–Crippen LogP) is -0.421. The molecule has 0 spiro atoms. The molecule has 0 bridgehead atoms. The summed E-state index contributed by atoms with van der Waals surface area (Å²) in [5, 5.41) is 10.3. The third kappa shape index (κ3) is 2.59. The Hall–Kier alpha value is -1.30. The Balaban J connectivity index is 2.42. The first kappa shape index (κ1) is 10.8. The average Bonchev–Trinajstić information content (AvgIpc) is 2.50. The van der Waals surface area contributed by atoms with Crippen molar-refractivity contribution in [2.24, 2.45) is 5.92 Å². The number of nitrogens with zero attached hydrogens (tertiary/aromatic N) is 2. The van der Waals surface area contributed by atoms with Gasteiger partial charge in [0.05, 0.1) is 5.92 Å². The molecular formula is C8H15N3O3. The van der Waals surface area contributed by atoms with Crippen molar-refractivity contribution in [1.29, 1.82) is 0 Å². The molecule has 14 heavy (non-hydrogen) atoms. The van der Waals surface area contributed by atoms with Crippen molar-refractivity contribution in [2.45, 2.75) is 6.42 Å². The van der Waals surface area contributed by atoms with E-state index in [4.69, 9.17) is 5.11 Å². The highest BCUT2D eigenvalue weighted by Crippen LogP contribution is 2.15. The summed E-state index contributed by atoms with van der Waals surface area (Å²) in [6, 6.07) is -0.237. The van der Waals surface area contributed by atoms with Crippen LogP contribution in [-0.4, -0.2) is 54.2 Å². The van der Waals surface area contributed by atoms with Crippen molar-refractivity contribution < 1.29 is 14.7 Å². The van der Waals surface area contributed by atoms with Gasteiger partial charge in [-0.1, -0.05) is 0 Å². The van der Waals surface area contributed by atoms with Crippen LogP contribution in [0, 0.1) is 5.92 Å². The zero-order chi connectivity index (χ0) is 10.7. The molecule has 1 heterocycles. The molecule has 80 valence electrons. The first-order valence-electron chi connectivity index (χ1n) is 4.46. The number of aliphatic carboxylic acids is 1. The van der Waals surface area contributed by atoms with E-state index in [0.29, 0.717) is 19.5 Å². The second-order valence-electron chi connectivity index (χ2n) is 3.58. The molecule has 0 aromatic carbocycles. The van der Waals surface area contributed by atoms with Crippen LogP contribution in [0.25, 0.3) is 0 Å². The lowest BCUT2D eigenvalue weighted by atomic mass is 10.1. The van der Waals surface area contributed by atoms with Gasteiger partial charge in [-0.25, -0.2) is 9.80 Å². The van der Waals surface area contributed by atoms with Gasteiger partial charge >= 0.3 is 12.0 Å². The van der Waals surface area contributed by atoms with Crippen LogP contribution in [0.5, 0.6) is 0 Å². The molecule has 1 aliphatic rings. The molecule has 2 amide bonds. The standard InChI is InChI=1S/C8H15N3O3/c1-10(2)9-8(14)11-4-3-6(5-11)7(12)13/h6H,3-5H2,1-2H3,(H,9,14)(H,12,13). The van der Waals surface area contributed by atoms with E-state index >= 15 is 0 Å². The molecule has 1 aliphatic heterocycles. The fourth-order valence-corrected chi connectivity index (χ4v) is 1.41. The van der Waals surface area contributed by atoms with Crippen molar-refractivity contribution in [3.8, 4) is 0 Å². The second-order valence-corrected chi connectivity index (χ2v) is 3.58. The lowest BCUT2D eigenvalue weighted by Gasteiger charge is -2.19. The predicted molar refractivity (Wildman–Crippen MR) is 49.5 cm³/mol. The van der Waals surface area contributed by atoms with Crippen LogP contribution in [0.4, 0.5) is 4.79 Å². The van der Waals surface area contributed by atoms with Crippen molar-refractivity contribution in [3.05, 3.63) is 0 Å². The van der Waals surface area contributed by atoms with Crippen molar-refractivity contribution in [1.82, 2.24) is 15.3 Å². The van der Waals surface area contributed by atoms with Gasteiger partial charge in [0.15, 0.2) is 0 Å². The number of hydrazine groups is 1. The SMILES string of the molecule is CN(C)NC(=O)N1CCC(C(=O)O)C1. The molecule has 2 N–H and O–H groups in total. The number of likely N-dealkylation sites (tertiary alicyclic amines) is 1. The molecule has 0 radical (unpaired) electrons. The number of carbonyl (C=O) groups is 2. The Morgan fingerprint density at radius 1 is 1.50 bits per heavy atom. The zero-order valence-electron chi connectivity index (χ0n) is 8.36. The minimum absolute atomic E-state index is 0.237. The van der Waals surface area contributed by atoms with E-state index in [1.165, 1.54) is 9.91 Å². The van der Waals surface area contributed by atoms with Crippen molar-refractivity contribution in [2.75, 3.05) is 27.2 Å². The number of carbonyl (C=O) groups excluding carboxylic acids is 1. The first-order chi connectivity index (χ1) is 6.50. The molecule has 1 saturated heterocycles. The lowest BCUT2D eigenvalue weighted by molar-refractivity contribution is -0.141.